The lowest BCUT2D eigenvalue weighted by Gasteiger charge is -2.18. The predicted molar refractivity (Wildman–Crippen MR) is 100 cm³/mol. The van der Waals surface area contributed by atoms with Crippen molar-refractivity contribution in [2.75, 3.05) is 7.05 Å². The van der Waals surface area contributed by atoms with Gasteiger partial charge in [0.1, 0.15) is 0 Å². The fraction of sp³-hybridized carbons (Fsp3) is 0.474. The van der Waals surface area contributed by atoms with E-state index in [1.807, 2.05) is 24.0 Å². The van der Waals surface area contributed by atoms with Crippen LogP contribution in [-0.2, 0) is 6.54 Å². The fourth-order valence-corrected chi connectivity index (χ4v) is 2.46. The molecular formula is C19H29N5. The van der Waals surface area contributed by atoms with Crippen molar-refractivity contribution in [2.24, 2.45) is 10.9 Å². The number of rotatable bonds is 7. The van der Waals surface area contributed by atoms with Crippen molar-refractivity contribution >= 4 is 5.96 Å². The fourth-order valence-electron chi connectivity index (χ4n) is 2.46. The van der Waals surface area contributed by atoms with Gasteiger partial charge in [0.05, 0.1) is 5.69 Å². The molecule has 0 aliphatic rings. The number of aliphatic imine (C=N–C) groups is 1. The summed E-state index contributed by atoms with van der Waals surface area (Å²) < 4.78 is 1.86. The number of hydrogen-bond donors (Lipinski definition) is 2. The lowest BCUT2D eigenvalue weighted by atomic mass is 10.0. The maximum atomic E-state index is 4.31. The first kappa shape index (κ1) is 18.0. The summed E-state index contributed by atoms with van der Waals surface area (Å²) in [6, 6.07) is 10.7. The Morgan fingerprint density at radius 2 is 1.92 bits per heavy atom. The molecular weight excluding hydrogens is 298 g/mol. The largest absolute Gasteiger partial charge is 0.354 e. The van der Waals surface area contributed by atoms with Gasteiger partial charge in [-0.1, -0.05) is 26.0 Å². The van der Waals surface area contributed by atoms with E-state index in [9.17, 15) is 0 Å². The molecule has 1 atom stereocenters. The monoisotopic (exact) mass is 327 g/mol. The van der Waals surface area contributed by atoms with E-state index >= 15 is 0 Å². The van der Waals surface area contributed by atoms with Gasteiger partial charge in [-0.25, -0.2) is 4.68 Å². The van der Waals surface area contributed by atoms with E-state index in [0.717, 1.165) is 30.5 Å². The highest BCUT2D eigenvalue weighted by atomic mass is 15.3. The Labute approximate surface area is 145 Å². The second-order valence-corrected chi connectivity index (χ2v) is 6.56. The lowest BCUT2D eigenvalue weighted by molar-refractivity contribution is 0.489. The molecule has 0 aliphatic carbocycles. The van der Waals surface area contributed by atoms with E-state index in [0.29, 0.717) is 6.04 Å². The van der Waals surface area contributed by atoms with Crippen molar-refractivity contribution in [3.63, 3.8) is 0 Å². The molecule has 5 heteroatoms. The molecule has 130 valence electrons. The molecule has 0 saturated heterocycles. The van der Waals surface area contributed by atoms with Gasteiger partial charge in [-0.2, -0.15) is 5.10 Å². The Bertz CT molecular complexity index is 614. The van der Waals surface area contributed by atoms with E-state index < -0.39 is 0 Å². The number of nitrogens with zero attached hydrogens (tertiary/aromatic N) is 3. The van der Waals surface area contributed by atoms with Crippen LogP contribution in [0.15, 0.2) is 47.7 Å². The molecule has 5 nitrogen and oxygen atoms in total. The van der Waals surface area contributed by atoms with E-state index in [1.165, 1.54) is 12.0 Å². The highest BCUT2D eigenvalue weighted by molar-refractivity contribution is 5.79. The SMILES string of the molecule is CN=C(NCc1ccc(-n2cccn2)cc1)NC(C)CCC(C)C. The average Bonchev–Trinajstić information content (AvgIpc) is 3.11. The molecule has 0 spiro atoms. The second-order valence-electron chi connectivity index (χ2n) is 6.56. The van der Waals surface area contributed by atoms with Gasteiger partial charge in [-0.05, 0) is 49.4 Å². The number of nitrogens with one attached hydrogen (secondary N) is 2. The van der Waals surface area contributed by atoms with Gasteiger partial charge >= 0.3 is 0 Å². The maximum absolute atomic E-state index is 4.31. The van der Waals surface area contributed by atoms with Crippen LogP contribution in [0.1, 0.15) is 39.2 Å². The minimum absolute atomic E-state index is 0.417. The zero-order valence-corrected chi connectivity index (χ0v) is 15.2. The van der Waals surface area contributed by atoms with Gasteiger partial charge in [0.15, 0.2) is 5.96 Å². The molecule has 2 aromatic rings. The van der Waals surface area contributed by atoms with Gasteiger partial charge in [-0.3, -0.25) is 4.99 Å². The molecule has 0 fully saturated rings. The zero-order chi connectivity index (χ0) is 17.4. The quantitative estimate of drug-likeness (QED) is 0.605. The summed E-state index contributed by atoms with van der Waals surface area (Å²) in [6.07, 6.45) is 6.10. The van der Waals surface area contributed by atoms with Gasteiger partial charge in [-0.15, -0.1) is 0 Å². The predicted octanol–water partition coefficient (Wildman–Crippen LogP) is 3.36. The van der Waals surface area contributed by atoms with Gasteiger partial charge in [0.25, 0.3) is 0 Å². The minimum Gasteiger partial charge on any atom is -0.354 e. The average molecular weight is 327 g/mol. The summed E-state index contributed by atoms with van der Waals surface area (Å²) >= 11 is 0. The molecule has 2 N–H and O–H groups in total. The Morgan fingerprint density at radius 1 is 1.17 bits per heavy atom. The Hall–Kier alpha value is -2.30. The van der Waals surface area contributed by atoms with E-state index in [2.05, 4.69) is 65.8 Å². The third-order valence-corrected chi connectivity index (χ3v) is 3.95. The standard InChI is InChI=1S/C19H29N5/c1-15(2)6-7-16(3)23-19(20-4)21-14-17-8-10-18(11-9-17)24-13-5-12-22-24/h5,8-13,15-16H,6-7,14H2,1-4H3,(H2,20,21,23). The van der Waals surface area contributed by atoms with Crippen LogP contribution in [0.25, 0.3) is 5.69 Å². The van der Waals surface area contributed by atoms with E-state index in [1.54, 1.807) is 6.20 Å². The third-order valence-electron chi connectivity index (χ3n) is 3.95. The summed E-state index contributed by atoms with van der Waals surface area (Å²) in [5.41, 5.74) is 2.28. The van der Waals surface area contributed by atoms with Crippen LogP contribution in [-0.4, -0.2) is 28.8 Å². The van der Waals surface area contributed by atoms with Crippen molar-refractivity contribution in [1.82, 2.24) is 20.4 Å². The van der Waals surface area contributed by atoms with Gasteiger partial charge < -0.3 is 10.6 Å². The summed E-state index contributed by atoms with van der Waals surface area (Å²) in [4.78, 5) is 4.31. The van der Waals surface area contributed by atoms with Crippen molar-refractivity contribution in [1.29, 1.82) is 0 Å². The zero-order valence-electron chi connectivity index (χ0n) is 15.2. The molecule has 1 heterocycles. The maximum Gasteiger partial charge on any atom is 0.191 e. The third kappa shape index (κ3) is 5.72. The Kier molecular flexibility index (Phi) is 6.85. The topological polar surface area (TPSA) is 54.2 Å². The van der Waals surface area contributed by atoms with Crippen molar-refractivity contribution in [3.8, 4) is 5.69 Å². The highest BCUT2D eigenvalue weighted by Gasteiger charge is 2.06. The number of aromatic nitrogens is 2. The molecule has 0 radical (unpaired) electrons. The molecule has 1 aromatic carbocycles. The highest BCUT2D eigenvalue weighted by Crippen LogP contribution is 2.09. The number of benzene rings is 1. The van der Waals surface area contributed by atoms with Crippen LogP contribution in [0.4, 0.5) is 0 Å². The molecule has 24 heavy (non-hydrogen) atoms. The molecule has 0 amide bonds. The number of hydrogen-bond acceptors (Lipinski definition) is 2. The molecule has 0 aliphatic heterocycles. The van der Waals surface area contributed by atoms with Crippen molar-refractivity contribution < 1.29 is 0 Å². The summed E-state index contributed by atoms with van der Waals surface area (Å²) in [6.45, 7) is 7.46. The van der Waals surface area contributed by atoms with Crippen LogP contribution in [0.2, 0.25) is 0 Å². The summed E-state index contributed by atoms with van der Waals surface area (Å²) in [5.74, 6) is 1.58. The van der Waals surface area contributed by atoms with Crippen molar-refractivity contribution in [2.45, 2.75) is 46.2 Å². The molecule has 1 unspecified atom stereocenters. The summed E-state index contributed by atoms with van der Waals surface area (Å²) in [5, 5.41) is 11.1. The van der Waals surface area contributed by atoms with Crippen LogP contribution >= 0.6 is 0 Å². The van der Waals surface area contributed by atoms with Crippen molar-refractivity contribution in [3.05, 3.63) is 48.3 Å². The van der Waals surface area contributed by atoms with Crippen LogP contribution < -0.4 is 10.6 Å². The first-order valence-corrected chi connectivity index (χ1v) is 8.64. The first-order chi connectivity index (χ1) is 11.6. The second kappa shape index (κ2) is 9.11. The first-order valence-electron chi connectivity index (χ1n) is 8.64. The van der Waals surface area contributed by atoms with Gasteiger partial charge in [0.2, 0.25) is 0 Å². The van der Waals surface area contributed by atoms with E-state index in [-0.39, 0.29) is 0 Å². The smallest absolute Gasteiger partial charge is 0.191 e. The summed E-state index contributed by atoms with van der Waals surface area (Å²) in [7, 11) is 1.81. The normalized spacial score (nSPS) is 13.1. The Balaban J connectivity index is 1.82. The van der Waals surface area contributed by atoms with Crippen LogP contribution in [0, 0.1) is 5.92 Å². The molecule has 0 bridgehead atoms. The van der Waals surface area contributed by atoms with Gasteiger partial charge in [0, 0.05) is 32.0 Å². The number of guanidine groups is 1. The van der Waals surface area contributed by atoms with Crippen LogP contribution in [0.3, 0.4) is 0 Å². The van der Waals surface area contributed by atoms with E-state index in [4.69, 9.17) is 0 Å². The lowest BCUT2D eigenvalue weighted by Crippen LogP contribution is -2.41. The molecule has 1 aromatic heterocycles. The Morgan fingerprint density at radius 3 is 2.50 bits per heavy atom. The molecule has 2 rings (SSSR count). The molecule has 0 saturated carbocycles. The van der Waals surface area contributed by atoms with Crippen LogP contribution in [0.5, 0.6) is 0 Å². The minimum atomic E-state index is 0.417.